The number of para-hydroxylation sites is 1. The second-order valence-electron chi connectivity index (χ2n) is 7.80. The molecule has 1 heterocycles. The minimum atomic E-state index is -0.297. The van der Waals surface area contributed by atoms with E-state index < -0.39 is 0 Å². The third kappa shape index (κ3) is 3.16. The first kappa shape index (κ1) is 16.6. The largest absolute Gasteiger partial charge is 0.415 e. The third-order valence-electron chi connectivity index (χ3n) is 4.85. The monoisotopic (exact) mass is 323 g/mol. The Morgan fingerprint density at radius 3 is 2.29 bits per heavy atom. The van der Waals surface area contributed by atoms with Crippen LogP contribution in [0.15, 0.2) is 54.6 Å². The maximum absolute atomic E-state index is 12.9. The van der Waals surface area contributed by atoms with Gasteiger partial charge in [0.1, 0.15) is 5.75 Å². The van der Waals surface area contributed by atoms with Gasteiger partial charge in [-0.05, 0) is 48.9 Å². The molecule has 0 bridgehead atoms. The van der Waals surface area contributed by atoms with Crippen LogP contribution in [0.5, 0.6) is 5.75 Å². The molecule has 0 saturated heterocycles. The van der Waals surface area contributed by atoms with Gasteiger partial charge in [0.25, 0.3) is 0 Å². The molecule has 1 aliphatic rings. The summed E-state index contributed by atoms with van der Waals surface area (Å²) in [6.07, 6.45) is 0.583. The lowest BCUT2D eigenvalue weighted by atomic mass is 9.75. The Morgan fingerprint density at radius 1 is 0.958 bits per heavy atom. The molecule has 2 aromatic carbocycles. The molecule has 2 aromatic rings. The number of fused-ring (bicyclic) bond motifs is 1. The highest BCUT2D eigenvalue weighted by atomic mass is 16.6. The van der Waals surface area contributed by atoms with E-state index >= 15 is 0 Å². The molecule has 0 N–H and O–H groups in total. The van der Waals surface area contributed by atoms with E-state index in [0.717, 1.165) is 6.42 Å². The van der Waals surface area contributed by atoms with Crippen molar-refractivity contribution < 1.29 is 9.53 Å². The zero-order valence-electron chi connectivity index (χ0n) is 14.9. The van der Waals surface area contributed by atoms with Crippen LogP contribution in [0.2, 0.25) is 0 Å². The van der Waals surface area contributed by atoms with Gasteiger partial charge in [0, 0.05) is 12.1 Å². The van der Waals surface area contributed by atoms with E-state index in [2.05, 4.69) is 45.9 Å². The van der Waals surface area contributed by atoms with Gasteiger partial charge in [0.15, 0.2) is 0 Å². The number of carbonyl (C=O) groups excluding carboxylic acids is 1. The summed E-state index contributed by atoms with van der Waals surface area (Å²) >= 11 is 0. The Morgan fingerprint density at radius 2 is 1.58 bits per heavy atom. The van der Waals surface area contributed by atoms with Crippen LogP contribution < -0.4 is 4.74 Å². The van der Waals surface area contributed by atoms with Crippen LogP contribution >= 0.6 is 0 Å². The van der Waals surface area contributed by atoms with Crippen molar-refractivity contribution in [3.63, 3.8) is 0 Å². The molecular formula is C21H25NO2. The molecule has 3 rings (SSSR count). The Hall–Kier alpha value is -2.29. The normalized spacial score (nSPS) is 18.4. The smallest absolute Gasteiger partial charge is 0.410 e. The standard InChI is InChI=1S/C21H25NO2/c1-20(2)15-21(3,4)22(14-16-10-8-9-13-18(16)20)19(23)24-17-11-6-5-7-12-17/h5-13H,14-15H2,1-4H3. The fraction of sp³-hybridized carbons (Fsp3) is 0.381. The van der Waals surface area contributed by atoms with Crippen LogP contribution in [0.25, 0.3) is 0 Å². The summed E-state index contributed by atoms with van der Waals surface area (Å²) in [5, 5.41) is 0. The summed E-state index contributed by atoms with van der Waals surface area (Å²) in [7, 11) is 0. The molecule has 0 aromatic heterocycles. The lowest BCUT2D eigenvalue weighted by Crippen LogP contribution is -2.49. The Kier molecular flexibility index (Phi) is 4.12. The van der Waals surface area contributed by atoms with Gasteiger partial charge in [-0.25, -0.2) is 4.79 Å². The molecule has 3 heteroatoms. The zero-order valence-corrected chi connectivity index (χ0v) is 14.9. The number of hydrogen-bond donors (Lipinski definition) is 0. The Labute approximate surface area is 144 Å². The lowest BCUT2D eigenvalue weighted by Gasteiger charge is -2.39. The summed E-state index contributed by atoms with van der Waals surface area (Å²) in [5.41, 5.74) is 2.21. The zero-order chi connectivity index (χ0) is 17.4. The van der Waals surface area contributed by atoms with Crippen LogP contribution in [-0.2, 0) is 12.0 Å². The number of benzene rings is 2. The predicted molar refractivity (Wildman–Crippen MR) is 96.2 cm³/mol. The summed E-state index contributed by atoms with van der Waals surface area (Å²) in [4.78, 5) is 14.7. The molecule has 0 atom stereocenters. The van der Waals surface area contributed by atoms with E-state index in [1.165, 1.54) is 11.1 Å². The van der Waals surface area contributed by atoms with Gasteiger partial charge >= 0.3 is 6.09 Å². The third-order valence-corrected chi connectivity index (χ3v) is 4.85. The van der Waals surface area contributed by atoms with E-state index in [0.29, 0.717) is 12.3 Å². The molecule has 0 aliphatic carbocycles. The van der Waals surface area contributed by atoms with Crippen LogP contribution in [0.1, 0.15) is 45.2 Å². The fourth-order valence-corrected chi connectivity index (χ4v) is 3.93. The Balaban J connectivity index is 1.94. The van der Waals surface area contributed by atoms with Crippen LogP contribution in [0.4, 0.5) is 4.79 Å². The van der Waals surface area contributed by atoms with Crippen LogP contribution in [0.3, 0.4) is 0 Å². The summed E-state index contributed by atoms with van der Waals surface area (Å²) in [6, 6.07) is 17.7. The van der Waals surface area contributed by atoms with Gasteiger partial charge in [0.2, 0.25) is 0 Å². The van der Waals surface area contributed by atoms with Gasteiger partial charge in [-0.1, -0.05) is 56.3 Å². The second kappa shape index (κ2) is 5.97. The van der Waals surface area contributed by atoms with Crippen molar-refractivity contribution in [3.8, 4) is 5.75 Å². The van der Waals surface area contributed by atoms with Crippen molar-refractivity contribution in [1.29, 1.82) is 0 Å². The van der Waals surface area contributed by atoms with Crippen molar-refractivity contribution in [2.24, 2.45) is 0 Å². The fourth-order valence-electron chi connectivity index (χ4n) is 3.93. The molecule has 24 heavy (non-hydrogen) atoms. The average Bonchev–Trinajstić information content (AvgIpc) is 2.60. The predicted octanol–water partition coefficient (Wildman–Crippen LogP) is 5.15. The van der Waals surface area contributed by atoms with Crippen molar-refractivity contribution in [3.05, 3.63) is 65.7 Å². The van der Waals surface area contributed by atoms with Crippen LogP contribution in [-0.4, -0.2) is 16.5 Å². The van der Waals surface area contributed by atoms with Gasteiger partial charge in [0.05, 0.1) is 0 Å². The van der Waals surface area contributed by atoms with Crippen molar-refractivity contribution in [1.82, 2.24) is 4.90 Å². The highest BCUT2D eigenvalue weighted by molar-refractivity contribution is 5.72. The van der Waals surface area contributed by atoms with E-state index in [1.54, 1.807) is 12.1 Å². The number of nitrogens with zero attached hydrogens (tertiary/aromatic N) is 1. The van der Waals surface area contributed by atoms with Gasteiger partial charge < -0.3 is 4.74 Å². The topological polar surface area (TPSA) is 29.5 Å². The minimum Gasteiger partial charge on any atom is -0.410 e. The Bertz CT molecular complexity index is 735. The number of ether oxygens (including phenoxy) is 1. The minimum absolute atomic E-state index is 0.00186. The number of carbonyl (C=O) groups is 1. The summed E-state index contributed by atoms with van der Waals surface area (Å²) < 4.78 is 5.62. The van der Waals surface area contributed by atoms with E-state index in [1.807, 2.05) is 29.2 Å². The van der Waals surface area contributed by atoms with Crippen molar-refractivity contribution in [2.45, 2.75) is 51.6 Å². The van der Waals surface area contributed by atoms with Crippen LogP contribution in [0, 0.1) is 0 Å². The number of hydrogen-bond acceptors (Lipinski definition) is 2. The van der Waals surface area contributed by atoms with Crippen molar-refractivity contribution >= 4 is 6.09 Å². The molecule has 126 valence electrons. The second-order valence-corrected chi connectivity index (χ2v) is 7.80. The molecule has 3 nitrogen and oxygen atoms in total. The maximum atomic E-state index is 12.9. The lowest BCUT2D eigenvalue weighted by molar-refractivity contribution is 0.0831. The molecule has 0 saturated carbocycles. The highest BCUT2D eigenvalue weighted by Gasteiger charge is 2.42. The molecule has 0 spiro atoms. The number of amides is 1. The van der Waals surface area contributed by atoms with Gasteiger partial charge in [-0.3, -0.25) is 4.90 Å². The van der Waals surface area contributed by atoms with E-state index in [4.69, 9.17) is 4.74 Å². The molecule has 0 unspecified atom stereocenters. The first-order valence-corrected chi connectivity index (χ1v) is 8.42. The SMILES string of the molecule is CC1(C)CC(C)(C)N(C(=O)Oc2ccccc2)Cc2ccccc21. The first-order valence-electron chi connectivity index (χ1n) is 8.42. The first-order chi connectivity index (χ1) is 11.3. The maximum Gasteiger partial charge on any atom is 0.415 e. The molecular weight excluding hydrogens is 298 g/mol. The molecule has 0 radical (unpaired) electrons. The molecule has 0 fully saturated rings. The summed E-state index contributed by atoms with van der Waals surface area (Å²) in [5.74, 6) is 0.579. The van der Waals surface area contributed by atoms with Crippen molar-refractivity contribution in [2.75, 3.05) is 0 Å². The van der Waals surface area contributed by atoms with Gasteiger partial charge in [-0.15, -0.1) is 0 Å². The van der Waals surface area contributed by atoms with Gasteiger partial charge in [-0.2, -0.15) is 0 Å². The molecule has 1 amide bonds. The highest BCUT2D eigenvalue weighted by Crippen LogP contribution is 2.41. The van der Waals surface area contributed by atoms with E-state index in [9.17, 15) is 4.79 Å². The van der Waals surface area contributed by atoms with E-state index in [-0.39, 0.29) is 17.0 Å². The quantitative estimate of drug-likeness (QED) is 0.726. The average molecular weight is 323 g/mol. The number of rotatable bonds is 1. The summed E-state index contributed by atoms with van der Waals surface area (Å²) in [6.45, 7) is 9.30. The molecule has 1 aliphatic heterocycles.